The lowest BCUT2D eigenvalue weighted by atomic mass is 9.98. The summed E-state index contributed by atoms with van der Waals surface area (Å²) in [5.74, 6) is 0.0227. The fraction of sp³-hybridized carbons (Fsp3) is 0.200. The summed E-state index contributed by atoms with van der Waals surface area (Å²) in [4.78, 5) is 35.5. The molecule has 0 saturated carbocycles. The molecule has 2 amide bonds. The van der Waals surface area contributed by atoms with Gasteiger partial charge in [-0.05, 0) is 35.7 Å². The van der Waals surface area contributed by atoms with Crippen LogP contribution >= 0.6 is 0 Å². The highest BCUT2D eigenvalue weighted by Gasteiger charge is 2.31. The molecular weight excluding hydrogens is 435 g/mol. The average Bonchev–Trinajstić information content (AvgIpc) is 3.53. The van der Waals surface area contributed by atoms with Crippen molar-refractivity contribution in [3.8, 4) is 11.3 Å². The van der Waals surface area contributed by atoms with Gasteiger partial charge in [0, 0.05) is 44.2 Å². The smallest absolute Gasteiger partial charge is 0.254 e. The van der Waals surface area contributed by atoms with E-state index in [9.17, 15) is 14.0 Å². The van der Waals surface area contributed by atoms with Crippen LogP contribution in [0.15, 0.2) is 55.0 Å². The number of rotatable bonds is 4. The molecule has 0 bridgehead atoms. The van der Waals surface area contributed by atoms with Crippen LogP contribution in [0.25, 0.3) is 16.9 Å². The number of aromatic nitrogens is 3. The molecule has 34 heavy (non-hydrogen) atoms. The summed E-state index contributed by atoms with van der Waals surface area (Å²) in [6.45, 7) is 1.13. The zero-order valence-electron chi connectivity index (χ0n) is 18.4. The first-order valence-corrected chi connectivity index (χ1v) is 11.0. The second kappa shape index (κ2) is 7.65. The summed E-state index contributed by atoms with van der Waals surface area (Å²) < 4.78 is 15.4. The molecule has 0 aliphatic carbocycles. The summed E-state index contributed by atoms with van der Waals surface area (Å²) in [5, 5.41) is 6.15. The molecule has 9 heteroatoms. The third-order valence-electron chi connectivity index (χ3n) is 6.60. The SMILES string of the molecule is CN1CC[C@@H](c2ccc(Nc3ccc(-c4cnc5cc(F)ccn45)c4c3C(=O)NC4)nc2)C1=O. The first-order chi connectivity index (χ1) is 16.5. The Morgan fingerprint density at radius 1 is 1.12 bits per heavy atom. The molecule has 2 aliphatic rings. The van der Waals surface area contributed by atoms with Crippen molar-refractivity contribution >= 4 is 29.0 Å². The van der Waals surface area contributed by atoms with E-state index in [-0.39, 0.29) is 23.5 Å². The minimum absolute atomic E-state index is 0.114. The van der Waals surface area contributed by atoms with Crippen molar-refractivity contribution < 1.29 is 14.0 Å². The van der Waals surface area contributed by atoms with Gasteiger partial charge in [-0.2, -0.15) is 0 Å². The van der Waals surface area contributed by atoms with E-state index in [1.807, 2.05) is 31.3 Å². The van der Waals surface area contributed by atoms with Gasteiger partial charge in [0.05, 0.1) is 29.1 Å². The second-order valence-corrected chi connectivity index (χ2v) is 8.62. The van der Waals surface area contributed by atoms with Crippen LogP contribution < -0.4 is 10.6 Å². The number of carbonyl (C=O) groups is 2. The van der Waals surface area contributed by atoms with Crippen molar-refractivity contribution in [1.29, 1.82) is 0 Å². The molecule has 1 aromatic carbocycles. The lowest BCUT2D eigenvalue weighted by Gasteiger charge is -2.14. The Morgan fingerprint density at radius 3 is 2.76 bits per heavy atom. The summed E-state index contributed by atoms with van der Waals surface area (Å²) in [7, 11) is 1.81. The van der Waals surface area contributed by atoms with E-state index in [0.717, 1.165) is 35.3 Å². The van der Waals surface area contributed by atoms with Gasteiger partial charge in [0.2, 0.25) is 5.91 Å². The van der Waals surface area contributed by atoms with Crippen molar-refractivity contribution in [3.05, 3.63) is 77.5 Å². The number of likely N-dealkylation sites (N-methyl/N-ethyl adjacent to an activating group) is 1. The number of imidazole rings is 1. The van der Waals surface area contributed by atoms with E-state index < -0.39 is 0 Å². The van der Waals surface area contributed by atoms with Crippen LogP contribution in [0.2, 0.25) is 0 Å². The molecule has 8 nitrogen and oxygen atoms in total. The zero-order chi connectivity index (χ0) is 23.4. The molecule has 0 radical (unpaired) electrons. The first kappa shape index (κ1) is 20.3. The van der Waals surface area contributed by atoms with Gasteiger partial charge in [0.25, 0.3) is 5.91 Å². The van der Waals surface area contributed by atoms with Gasteiger partial charge in [-0.25, -0.2) is 14.4 Å². The van der Waals surface area contributed by atoms with Gasteiger partial charge in [-0.1, -0.05) is 12.1 Å². The maximum Gasteiger partial charge on any atom is 0.254 e. The van der Waals surface area contributed by atoms with Gasteiger partial charge < -0.3 is 15.5 Å². The molecule has 1 fully saturated rings. The van der Waals surface area contributed by atoms with E-state index in [0.29, 0.717) is 29.3 Å². The van der Waals surface area contributed by atoms with E-state index in [1.165, 1.54) is 12.1 Å². The molecule has 4 aromatic rings. The Morgan fingerprint density at radius 2 is 2.00 bits per heavy atom. The Balaban J connectivity index is 1.33. The Bertz CT molecular complexity index is 1460. The van der Waals surface area contributed by atoms with E-state index in [1.54, 1.807) is 27.9 Å². The van der Waals surface area contributed by atoms with Crippen molar-refractivity contribution in [1.82, 2.24) is 24.6 Å². The summed E-state index contributed by atoms with van der Waals surface area (Å²) in [6, 6.07) is 10.2. The molecule has 2 aliphatic heterocycles. The highest BCUT2D eigenvalue weighted by Crippen LogP contribution is 2.35. The molecule has 1 saturated heterocycles. The van der Waals surface area contributed by atoms with Crippen molar-refractivity contribution in [2.75, 3.05) is 18.9 Å². The van der Waals surface area contributed by atoms with Gasteiger partial charge in [0.1, 0.15) is 17.3 Å². The lowest BCUT2D eigenvalue weighted by molar-refractivity contribution is -0.127. The Hall–Kier alpha value is -4.27. The number of amides is 2. The molecular formula is C25H21FN6O2. The monoisotopic (exact) mass is 456 g/mol. The minimum Gasteiger partial charge on any atom is -0.348 e. The number of hydrogen-bond acceptors (Lipinski definition) is 5. The van der Waals surface area contributed by atoms with Gasteiger partial charge in [-0.15, -0.1) is 0 Å². The standard InChI is InChI=1S/C25H21FN6O2/c1-31-8-7-16(25(31)34)14-2-5-21(27-11-14)30-19-4-3-17(18-12-29-24(33)23(18)19)20-13-28-22-10-15(26)6-9-32(20)22/h2-6,9-11,13,16H,7-8,12H2,1H3,(H,27,30)(H,29,33)/t16-/m0/s1. The lowest BCUT2D eigenvalue weighted by Crippen LogP contribution is -2.21. The highest BCUT2D eigenvalue weighted by molar-refractivity contribution is 6.06. The van der Waals surface area contributed by atoms with Crippen LogP contribution in [-0.2, 0) is 11.3 Å². The predicted octanol–water partition coefficient (Wildman–Crippen LogP) is 3.47. The normalized spacial score (nSPS) is 17.4. The zero-order valence-corrected chi connectivity index (χ0v) is 18.4. The summed E-state index contributed by atoms with van der Waals surface area (Å²) in [5.41, 5.74) is 5.06. The largest absolute Gasteiger partial charge is 0.348 e. The molecule has 0 unspecified atom stereocenters. The third kappa shape index (κ3) is 3.20. The number of carbonyl (C=O) groups excluding carboxylic acids is 2. The number of benzene rings is 1. The Labute approximate surface area is 194 Å². The van der Waals surface area contributed by atoms with Gasteiger partial charge in [0.15, 0.2) is 0 Å². The van der Waals surface area contributed by atoms with Crippen LogP contribution in [0.4, 0.5) is 15.9 Å². The van der Waals surface area contributed by atoms with Crippen LogP contribution in [0, 0.1) is 5.82 Å². The van der Waals surface area contributed by atoms with Crippen LogP contribution in [0.3, 0.4) is 0 Å². The molecule has 1 atom stereocenters. The van der Waals surface area contributed by atoms with Crippen molar-refractivity contribution in [2.24, 2.45) is 0 Å². The van der Waals surface area contributed by atoms with Crippen molar-refractivity contribution in [3.63, 3.8) is 0 Å². The Kier molecular flexibility index (Phi) is 4.58. The number of anilines is 2. The van der Waals surface area contributed by atoms with E-state index in [4.69, 9.17) is 0 Å². The van der Waals surface area contributed by atoms with Crippen molar-refractivity contribution in [2.45, 2.75) is 18.9 Å². The molecule has 3 aromatic heterocycles. The number of fused-ring (bicyclic) bond motifs is 2. The molecule has 170 valence electrons. The molecule has 5 heterocycles. The summed E-state index contributed by atoms with van der Waals surface area (Å²) in [6.07, 6.45) is 5.82. The fourth-order valence-corrected chi connectivity index (χ4v) is 4.80. The minimum atomic E-state index is -0.353. The van der Waals surface area contributed by atoms with Gasteiger partial charge in [-0.3, -0.25) is 14.0 Å². The predicted molar refractivity (Wildman–Crippen MR) is 124 cm³/mol. The van der Waals surface area contributed by atoms with Crippen LogP contribution in [0.1, 0.15) is 33.8 Å². The molecule has 6 rings (SSSR count). The topological polar surface area (TPSA) is 91.6 Å². The third-order valence-corrected chi connectivity index (χ3v) is 6.60. The van der Waals surface area contributed by atoms with Gasteiger partial charge >= 0.3 is 0 Å². The number of hydrogen-bond donors (Lipinski definition) is 2. The quantitative estimate of drug-likeness (QED) is 0.491. The summed E-state index contributed by atoms with van der Waals surface area (Å²) >= 11 is 0. The average molecular weight is 456 g/mol. The van der Waals surface area contributed by atoms with Crippen LogP contribution in [0.5, 0.6) is 0 Å². The number of halogens is 1. The number of nitrogens with one attached hydrogen (secondary N) is 2. The number of nitrogens with zero attached hydrogens (tertiary/aromatic N) is 4. The molecule has 0 spiro atoms. The maximum absolute atomic E-state index is 13.6. The maximum atomic E-state index is 13.6. The van der Waals surface area contributed by atoms with Crippen LogP contribution in [-0.4, -0.2) is 44.7 Å². The number of pyridine rings is 2. The second-order valence-electron chi connectivity index (χ2n) is 8.62. The molecule has 2 N–H and O–H groups in total. The fourth-order valence-electron chi connectivity index (χ4n) is 4.80. The highest BCUT2D eigenvalue weighted by atomic mass is 19.1. The first-order valence-electron chi connectivity index (χ1n) is 11.0. The number of likely N-dealkylation sites (tertiary alicyclic amines) is 1. The van der Waals surface area contributed by atoms with E-state index >= 15 is 0 Å². The van der Waals surface area contributed by atoms with E-state index in [2.05, 4.69) is 20.6 Å².